The van der Waals surface area contributed by atoms with Crippen LogP contribution in [0, 0.1) is 0 Å². The Hall–Kier alpha value is -3.81. The van der Waals surface area contributed by atoms with E-state index >= 15 is 0 Å². The predicted octanol–water partition coefficient (Wildman–Crippen LogP) is 2.68. The Morgan fingerprint density at radius 2 is 1.97 bits per heavy atom. The fourth-order valence-corrected chi connectivity index (χ4v) is 3.81. The summed E-state index contributed by atoms with van der Waals surface area (Å²) in [5.41, 5.74) is 2.54. The normalized spacial score (nSPS) is 15.9. The lowest BCUT2D eigenvalue weighted by atomic mass is 10.1. The average Bonchev–Trinajstić information content (AvgIpc) is 3.25. The molecule has 2 heterocycles. The van der Waals surface area contributed by atoms with E-state index in [1.807, 2.05) is 66.3 Å². The fraction of sp³-hybridized carbons (Fsp3) is 0.261. The Kier molecular flexibility index (Phi) is 5.62. The second-order valence-corrected chi connectivity index (χ2v) is 7.51. The maximum Gasteiger partial charge on any atom is 0.324 e. The summed E-state index contributed by atoms with van der Waals surface area (Å²) >= 11 is 0. The summed E-state index contributed by atoms with van der Waals surface area (Å²) in [5.74, 6) is -0.0209. The highest BCUT2D eigenvalue weighted by atomic mass is 16.5. The molecule has 1 saturated heterocycles. The minimum atomic E-state index is -0.871. The molecule has 8 nitrogen and oxygen atoms in total. The molecule has 1 aliphatic rings. The molecule has 8 heteroatoms. The zero-order valence-electron chi connectivity index (χ0n) is 17.4. The van der Waals surface area contributed by atoms with Crippen molar-refractivity contribution < 1.29 is 19.1 Å². The lowest BCUT2D eigenvalue weighted by Crippen LogP contribution is -2.35. The number of fused-ring (bicyclic) bond motifs is 1. The van der Waals surface area contributed by atoms with Crippen molar-refractivity contribution in [3.8, 4) is 5.75 Å². The number of benzene rings is 2. The van der Waals surface area contributed by atoms with E-state index in [4.69, 9.17) is 4.74 Å². The number of nitrogens with zero attached hydrogens (tertiary/aromatic N) is 2. The van der Waals surface area contributed by atoms with Gasteiger partial charge < -0.3 is 19.9 Å². The number of aromatic nitrogens is 1. The van der Waals surface area contributed by atoms with Crippen LogP contribution in [-0.2, 0) is 23.1 Å². The first kappa shape index (κ1) is 20.5. The summed E-state index contributed by atoms with van der Waals surface area (Å²) < 4.78 is 7.28. The van der Waals surface area contributed by atoms with Crippen LogP contribution in [0.1, 0.15) is 12.0 Å². The van der Waals surface area contributed by atoms with Gasteiger partial charge in [-0.05, 0) is 41.6 Å². The number of urea groups is 1. The molecule has 0 aliphatic carbocycles. The Labute approximate surface area is 179 Å². The lowest BCUT2D eigenvalue weighted by Gasteiger charge is -2.14. The molecule has 0 spiro atoms. The number of hydrogen-bond acceptors (Lipinski definition) is 4. The van der Waals surface area contributed by atoms with E-state index in [1.165, 1.54) is 0 Å². The Morgan fingerprint density at radius 1 is 1.16 bits per heavy atom. The van der Waals surface area contributed by atoms with Crippen molar-refractivity contribution in [2.75, 3.05) is 19.0 Å². The molecule has 2 aromatic carbocycles. The number of aryl methyl sites for hydroxylation is 1. The average molecular weight is 420 g/mol. The van der Waals surface area contributed by atoms with Crippen molar-refractivity contribution in [1.82, 2.24) is 14.8 Å². The van der Waals surface area contributed by atoms with Gasteiger partial charge in [-0.15, -0.1) is 0 Å². The second-order valence-electron chi connectivity index (χ2n) is 7.51. The Morgan fingerprint density at radius 3 is 2.77 bits per heavy atom. The molecule has 0 radical (unpaired) electrons. The highest BCUT2D eigenvalue weighted by molar-refractivity contribution is 6.07. The molecule has 31 heavy (non-hydrogen) atoms. The van der Waals surface area contributed by atoms with Crippen molar-refractivity contribution in [3.63, 3.8) is 0 Å². The molecule has 1 aromatic heterocycles. The molecule has 2 N–H and O–H groups in total. The third-order valence-electron chi connectivity index (χ3n) is 5.47. The highest BCUT2D eigenvalue weighted by Gasteiger charge is 2.38. The van der Waals surface area contributed by atoms with Crippen molar-refractivity contribution in [2.24, 2.45) is 7.05 Å². The molecular weight excluding hydrogens is 396 g/mol. The largest absolute Gasteiger partial charge is 0.496 e. The van der Waals surface area contributed by atoms with Gasteiger partial charge in [0.05, 0.1) is 13.5 Å². The minimum Gasteiger partial charge on any atom is -0.496 e. The summed E-state index contributed by atoms with van der Waals surface area (Å²) in [5, 5.41) is 6.49. The van der Waals surface area contributed by atoms with Gasteiger partial charge in [0.25, 0.3) is 5.91 Å². The third kappa shape index (κ3) is 4.23. The molecule has 4 amide bonds. The number of carbonyl (C=O) groups is 3. The lowest BCUT2D eigenvalue weighted by molar-refractivity contribution is -0.129. The number of carbonyl (C=O) groups excluding carboxylic acids is 3. The number of nitrogens with one attached hydrogen (secondary N) is 2. The summed E-state index contributed by atoms with van der Waals surface area (Å²) in [6.45, 7) is 0.216. The van der Waals surface area contributed by atoms with Gasteiger partial charge in [0, 0.05) is 31.0 Å². The van der Waals surface area contributed by atoms with Crippen LogP contribution in [0.3, 0.4) is 0 Å². The summed E-state index contributed by atoms with van der Waals surface area (Å²) in [6, 6.07) is 13.7. The van der Waals surface area contributed by atoms with E-state index < -0.39 is 18.0 Å². The van der Waals surface area contributed by atoms with Crippen LogP contribution < -0.4 is 15.4 Å². The minimum absolute atomic E-state index is 0.124. The molecule has 1 fully saturated rings. The van der Waals surface area contributed by atoms with Gasteiger partial charge in [-0.1, -0.05) is 24.3 Å². The first-order valence-electron chi connectivity index (χ1n) is 10.0. The van der Waals surface area contributed by atoms with E-state index in [0.717, 1.165) is 21.4 Å². The van der Waals surface area contributed by atoms with Gasteiger partial charge in [-0.25, -0.2) is 4.79 Å². The van der Waals surface area contributed by atoms with Crippen LogP contribution >= 0.6 is 0 Å². The van der Waals surface area contributed by atoms with Crippen LogP contribution in [0.2, 0.25) is 0 Å². The third-order valence-corrected chi connectivity index (χ3v) is 5.47. The highest BCUT2D eigenvalue weighted by Crippen LogP contribution is 2.21. The van der Waals surface area contributed by atoms with E-state index in [2.05, 4.69) is 10.6 Å². The molecular formula is C23H24N4O4. The SMILES string of the molecule is COc1ccccc1CCN1C(=O)NC(CC(=O)Nc2ccc3ccn(C)c3c2)C1=O. The first-order chi connectivity index (χ1) is 15.0. The van der Waals surface area contributed by atoms with Crippen molar-refractivity contribution in [1.29, 1.82) is 0 Å². The van der Waals surface area contributed by atoms with E-state index in [1.54, 1.807) is 7.11 Å². The van der Waals surface area contributed by atoms with Gasteiger partial charge in [0.2, 0.25) is 5.91 Å². The molecule has 1 aliphatic heterocycles. The predicted molar refractivity (Wildman–Crippen MR) is 117 cm³/mol. The Bertz CT molecular complexity index is 1150. The number of para-hydroxylation sites is 1. The maximum absolute atomic E-state index is 12.7. The first-order valence-corrected chi connectivity index (χ1v) is 10.0. The van der Waals surface area contributed by atoms with Crippen LogP contribution in [0.5, 0.6) is 5.75 Å². The van der Waals surface area contributed by atoms with Gasteiger partial charge in [0.15, 0.2) is 0 Å². The quantitative estimate of drug-likeness (QED) is 0.575. The Balaban J connectivity index is 1.36. The number of anilines is 1. The number of imide groups is 1. The van der Waals surface area contributed by atoms with E-state index in [0.29, 0.717) is 17.9 Å². The van der Waals surface area contributed by atoms with Crippen LogP contribution in [0.25, 0.3) is 10.9 Å². The monoisotopic (exact) mass is 420 g/mol. The number of rotatable bonds is 7. The fourth-order valence-electron chi connectivity index (χ4n) is 3.81. The molecule has 0 bridgehead atoms. The molecule has 1 atom stereocenters. The standard InChI is InChI=1S/C23H24N4O4/c1-26-11-9-15-7-8-17(13-19(15)26)24-21(28)14-18-22(29)27(23(30)25-18)12-10-16-5-3-4-6-20(16)31-2/h3-9,11,13,18H,10,12,14H2,1-2H3,(H,24,28)(H,25,30). The number of ether oxygens (including phenoxy) is 1. The van der Waals surface area contributed by atoms with E-state index in [9.17, 15) is 14.4 Å². The van der Waals surface area contributed by atoms with E-state index in [-0.39, 0.29) is 18.9 Å². The van der Waals surface area contributed by atoms with Crippen molar-refractivity contribution in [3.05, 3.63) is 60.3 Å². The molecule has 1 unspecified atom stereocenters. The summed E-state index contributed by atoms with van der Waals surface area (Å²) in [6.07, 6.45) is 2.29. The summed E-state index contributed by atoms with van der Waals surface area (Å²) in [4.78, 5) is 38.6. The zero-order chi connectivity index (χ0) is 22.0. The number of methoxy groups -OCH3 is 1. The molecule has 0 saturated carbocycles. The maximum atomic E-state index is 12.7. The molecule has 3 aromatic rings. The van der Waals surface area contributed by atoms with Crippen molar-refractivity contribution >= 4 is 34.4 Å². The molecule has 4 rings (SSSR count). The zero-order valence-corrected chi connectivity index (χ0v) is 17.4. The second kappa shape index (κ2) is 8.51. The van der Waals surface area contributed by atoms with Crippen LogP contribution in [-0.4, -0.2) is 47.0 Å². The topological polar surface area (TPSA) is 92.7 Å². The van der Waals surface area contributed by atoms with Crippen molar-refractivity contribution in [2.45, 2.75) is 18.9 Å². The van der Waals surface area contributed by atoms with Gasteiger partial charge in [-0.3, -0.25) is 14.5 Å². The number of amides is 4. The molecule has 160 valence electrons. The van der Waals surface area contributed by atoms with Crippen LogP contribution in [0.4, 0.5) is 10.5 Å². The van der Waals surface area contributed by atoms with Gasteiger partial charge in [0.1, 0.15) is 11.8 Å². The van der Waals surface area contributed by atoms with Gasteiger partial charge in [-0.2, -0.15) is 0 Å². The van der Waals surface area contributed by atoms with Crippen LogP contribution in [0.15, 0.2) is 54.7 Å². The smallest absolute Gasteiger partial charge is 0.324 e. The number of hydrogen-bond donors (Lipinski definition) is 2. The summed E-state index contributed by atoms with van der Waals surface area (Å²) in [7, 11) is 3.51. The van der Waals surface area contributed by atoms with Gasteiger partial charge >= 0.3 is 6.03 Å².